The van der Waals surface area contributed by atoms with Crippen molar-refractivity contribution < 1.29 is 19.0 Å². The quantitative estimate of drug-likeness (QED) is 0.839. The molecule has 2 aliphatic rings. The first-order chi connectivity index (χ1) is 11.0. The predicted molar refractivity (Wildman–Crippen MR) is 82.4 cm³/mol. The lowest BCUT2D eigenvalue weighted by Crippen LogP contribution is -2.49. The molecule has 2 heterocycles. The van der Waals surface area contributed by atoms with E-state index in [0.717, 1.165) is 5.56 Å². The molecule has 0 fully saturated rings. The van der Waals surface area contributed by atoms with Crippen LogP contribution in [0.15, 0.2) is 35.8 Å². The minimum Gasteiger partial charge on any atom is -0.468 e. The Morgan fingerprint density at radius 1 is 1.39 bits per heavy atom. The summed E-state index contributed by atoms with van der Waals surface area (Å²) in [5.74, 6) is 0.161. The van der Waals surface area contributed by atoms with Crippen molar-refractivity contribution in [1.29, 1.82) is 5.26 Å². The van der Waals surface area contributed by atoms with E-state index in [1.165, 1.54) is 19.1 Å². The van der Waals surface area contributed by atoms with E-state index in [1.807, 2.05) is 38.1 Å². The molecule has 0 aromatic heterocycles. The van der Waals surface area contributed by atoms with Gasteiger partial charge >= 0.3 is 6.09 Å². The maximum absolute atomic E-state index is 12.4. The standard InChI is InChI=1S/C17H18N2O4/c1-10(2)17-12-7-5-6-8-13(12)19(16(20)22-4)14(17)11(9-18)15(21-3)23-17/h5-8,10,14H,1-4H3/t14-,17-/m0/s1. The summed E-state index contributed by atoms with van der Waals surface area (Å²) in [6.07, 6.45) is -0.529. The average Bonchev–Trinajstić information content (AvgIpc) is 3.04. The third-order valence-electron chi connectivity index (χ3n) is 4.54. The van der Waals surface area contributed by atoms with Gasteiger partial charge in [0, 0.05) is 11.5 Å². The fourth-order valence-corrected chi connectivity index (χ4v) is 3.57. The number of amides is 1. The molecule has 1 aromatic carbocycles. The van der Waals surface area contributed by atoms with Crippen LogP contribution in [0.3, 0.4) is 0 Å². The highest BCUT2D eigenvalue weighted by Gasteiger charge is 2.64. The zero-order chi connectivity index (χ0) is 16.8. The molecule has 6 heteroatoms. The number of nitriles is 1. The third-order valence-corrected chi connectivity index (χ3v) is 4.54. The van der Waals surface area contributed by atoms with Gasteiger partial charge in [-0.15, -0.1) is 0 Å². The van der Waals surface area contributed by atoms with Gasteiger partial charge < -0.3 is 14.2 Å². The van der Waals surface area contributed by atoms with E-state index in [4.69, 9.17) is 14.2 Å². The van der Waals surface area contributed by atoms with Crippen LogP contribution < -0.4 is 4.90 Å². The Morgan fingerprint density at radius 3 is 2.65 bits per heavy atom. The number of para-hydroxylation sites is 1. The normalized spacial score (nSPS) is 24.9. The molecule has 2 aliphatic heterocycles. The second kappa shape index (κ2) is 5.20. The molecule has 0 radical (unpaired) electrons. The van der Waals surface area contributed by atoms with Crippen molar-refractivity contribution in [3.8, 4) is 6.07 Å². The fourth-order valence-electron chi connectivity index (χ4n) is 3.57. The predicted octanol–water partition coefficient (Wildman–Crippen LogP) is 2.90. The topological polar surface area (TPSA) is 71.8 Å². The number of methoxy groups -OCH3 is 2. The molecule has 0 spiro atoms. The third kappa shape index (κ3) is 1.76. The van der Waals surface area contributed by atoms with E-state index in [1.54, 1.807) is 0 Å². The van der Waals surface area contributed by atoms with Crippen LogP contribution in [-0.4, -0.2) is 26.4 Å². The van der Waals surface area contributed by atoms with Crippen molar-refractivity contribution in [2.24, 2.45) is 5.92 Å². The van der Waals surface area contributed by atoms with Gasteiger partial charge in [0.2, 0.25) is 0 Å². The molecule has 0 unspecified atom stereocenters. The van der Waals surface area contributed by atoms with E-state index in [2.05, 4.69) is 6.07 Å². The van der Waals surface area contributed by atoms with Crippen molar-refractivity contribution in [2.75, 3.05) is 19.1 Å². The molecule has 23 heavy (non-hydrogen) atoms. The van der Waals surface area contributed by atoms with Gasteiger partial charge in [-0.3, -0.25) is 4.90 Å². The Hall–Kier alpha value is -2.68. The van der Waals surface area contributed by atoms with Crippen molar-refractivity contribution in [2.45, 2.75) is 25.5 Å². The van der Waals surface area contributed by atoms with Gasteiger partial charge in [0.05, 0.1) is 19.9 Å². The van der Waals surface area contributed by atoms with Gasteiger partial charge in [-0.2, -0.15) is 5.26 Å². The van der Waals surface area contributed by atoms with Crippen LogP contribution in [-0.2, 0) is 19.8 Å². The first-order valence-corrected chi connectivity index (χ1v) is 7.36. The number of fused-ring (bicyclic) bond motifs is 3. The summed E-state index contributed by atoms with van der Waals surface area (Å²) >= 11 is 0. The van der Waals surface area contributed by atoms with Gasteiger partial charge in [-0.1, -0.05) is 32.0 Å². The summed E-state index contributed by atoms with van der Waals surface area (Å²) in [5, 5.41) is 9.62. The van der Waals surface area contributed by atoms with Crippen molar-refractivity contribution in [1.82, 2.24) is 0 Å². The summed E-state index contributed by atoms with van der Waals surface area (Å²) in [7, 11) is 2.78. The first kappa shape index (κ1) is 15.2. The molecule has 0 bridgehead atoms. The Morgan fingerprint density at radius 2 is 2.09 bits per heavy atom. The lowest BCUT2D eigenvalue weighted by molar-refractivity contribution is -0.0742. The van der Waals surface area contributed by atoms with Crippen LogP contribution in [0.1, 0.15) is 19.4 Å². The van der Waals surface area contributed by atoms with Crippen LogP contribution in [0, 0.1) is 17.2 Å². The summed E-state index contributed by atoms with van der Waals surface area (Å²) < 4.78 is 16.3. The Labute approximate surface area is 134 Å². The van der Waals surface area contributed by atoms with Gasteiger partial charge in [0.1, 0.15) is 17.7 Å². The molecule has 0 saturated carbocycles. The molecule has 3 rings (SSSR count). The Bertz CT molecular complexity index is 734. The number of carbonyl (C=O) groups is 1. The van der Waals surface area contributed by atoms with Crippen molar-refractivity contribution in [3.63, 3.8) is 0 Å². The van der Waals surface area contributed by atoms with Crippen LogP contribution in [0.25, 0.3) is 0 Å². The molecular weight excluding hydrogens is 296 g/mol. The summed E-state index contributed by atoms with van der Waals surface area (Å²) in [4.78, 5) is 13.9. The van der Waals surface area contributed by atoms with E-state index in [-0.39, 0.29) is 11.9 Å². The van der Waals surface area contributed by atoms with Gasteiger partial charge in [0.15, 0.2) is 5.60 Å². The largest absolute Gasteiger partial charge is 0.468 e. The molecule has 120 valence electrons. The Kier molecular flexibility index (Phi) is 3.44. The number of rotatable bonds is 2. The number of hydrogen-bond acceptors (Lipinski definition) is 5. The zero-order valence-corrected chi connectivity index (χ0v) is 13.5. The van der Waals surface area contributed by atoms with Crippen LogP contribution >= 0.6 is 0 Å². The van der Waals surface area contributed by atoms with Crippen LogP contribution in [0.2, 0.25) is 0 Å². The second-order valence-corrected chi connectivity index (χ2v) is 5.83. The summed E-state index contributed by atoms with van der Waals surface area (Å²) in [6, 6.07) is 9.02. The molecule has 0 saturated heterocycles. The number of hydrogen-bond donors (Lipinski definition) is 0. The van der Waals surface area contributed by atoms with Gasteiger partial charge in [-0.25, -0.2) is 4.79 Å². The number of ether oxygens (including phenoxy) is 3. The molecule has 1 aromatic rings. The molecule has 0 N–H and O–H groups in total. The second-order valence-electron chi connectivity index (χ2n) is 5.83. The van der Waals surface area contributed by atoms with Crippen molar-refractivity contribution in [3.05, 3.63) is 41.3 Å². The first-order valence-electron chi connectivity index (χ1n) is 7.36. The maximum atomic E-state index is 12.4. The lowest BCUT2D eigenvalue weighted by Gasteiger charge is -2.35. The summed E-state index contributed by atoms with van der Waals surface area (Å²) in [5.41, 5.74) is 0.982. The molecule has 0 aliphatic carbocycles. The van der Waals surface area contributed by atoms with E-state index in [0.29, 0.717) is 11.3 Å². The highest BCUT2D eigenvalue weighted by Crippen LogP contribution is 2.57. The fraction of sp³-hybridized carbons (Fsp3) is 0.412. The monoisotopic (exact) mass is 314 g/mol. The lowest BCUT2D eigenvalue weighted by atomic mass is 9.78. The minimum atomic E-state index is -0.860. The number of carbonyl (C=O) groups excluding carboxylic acids is 1. The van der Waals surface area contributed by atoms with Crippen LogP contribution in [0.4, 0.5) is 10.5 Å². The molecule has 1 amide bonds. The SMILES string of the molecule is COC(=O)N1c2ccccc2[C@]2(C(C)C)OC(OC)=C(C#N)[C@H]12. The molecule has 6 nitrogen and oxygen atoms in total. The maximum Gasteiger partial charge on any atom is 0.414 e. The van der Waals surface area contributed by atoms with E-state index >= 15 is 0 Å². The number of nitrogens with zero attached hydrogens (tertiary/aromatic N) is 2. The summed E-state index contributed by atoms with van der Waals surface area (Å²) in [6.45, 7) is 4.00. The number of benzene rings is 1. The number of anilines is 1. The van der Waals surface area contributed by atoms with Gasteiger partial charge in [-0.05, 0) is 6.07 Å². The van der Waals surface area contributed by atoms with E-state index in [9.17, 15) is 10.1 Å². The zero-order valence-electron chi connectivity index (χ0n) is 13.5. The highest BCUT2D eigenvalue weighted by molar-refractivity contribution is 5.94. The smallest absolute Gasteiger partial charge is 0.414 e. The van der Waals surface area contributed by atoms with Gasteiger partial charge in [0.25, 0.3) is 5.95 Å². The molecular formula is C17H18N2O4. The highest BCUT2D eigenvalue weighted by atomic mass is 16.7. The van der Waals surface area contributed by atoms with Crippen LogP contribution in [0.5, 0.6) is 0 Å². The van der Waals surface area contributed by atoms with E-state index < -0.39 is 17.7 Å². The van der Waals surface area contributed by atoms with Crippen molar-refractivity contribution >= 4 is 11.8 Å². The average molecular weight is 314 g/mol. The molecule has 2 atom stereocenters. The minimum absolute atomic E-state index is 0.000642. The Balaban J connectivity index is 2.30.